The number of nitrogens with one attached hydrogen (secondary N) is 1. The van der Waals surface area contributed by atoms with E-state index in [4.69, 9.17) is 4.74 Å². The van der Waals surface area contributed by atoms with Gasteiger partial charge in [0.05, 0.1) is 12.1 Å². The van der Waals surface area contributed by atoms with Crippen LogP contribution in [-0.2, 0) is 9.53 Å². The van der Waals surface area contributed by atoms with Crippen LogP contribution in [0.3, 0.4) is 0 Å². The summed E-state index contributed by atoms with van der Waals surface area (Å²) in [6, 6.07) is 5.07. The fraction of sp³-hybridized carbons (Fsp3) is 0.467. The molecule has 138 valence electrons. The monoisotopic (exact) mass is 427 g/mol. The van der Waals surface area contributed by atoms with Crippen molar-refractivity contribution < 1.29 is 37.0 Å². The number of ketones is 1. The number of aliphatic hydroxyl groups is 1. The van der Waals surface area contributed by atoms with E-state index in [0.29, 0.717) is 0 Å². The number of hydrogen-bond donors (Lipinski definition) is 2. The maximum absolute atomic E-state index is 14.7. The zero-order valence-corrected chi connectivity index (χ0v) is 14.3. The SMILES string of the molecule is C[C@H]1O[C@H](Br)[C@H](F)[C@](O)(C(=O)c2ccccc2)[C@@H]1NC(=O)C(F)(F)F. The van der Waals surface area contributed by atoms with E-state index in [1.807, 2.05) is 0 Å². The van der Waals surface area contributed by atoms with Crippen LogP contribution in [0.5, 0.6) is 0 Å². The van der Waals surface area contributed by atoms with Crippen molar-refractivity contribution in [3.63, 3.8) is 0 Å². The van der Waals surface area contributed by atoms with E-state index in [1.165, 1.54) is 36.5 Å². The molecular formula is C15H14BrF4NO4. The molecule has 1 aromatic carbocycles. The van der Waals surface area contributed by atoms with E-state index in [0.717, 1.165) is 0 Å². The molecule has 1 saturated heterocycles. The number of hydrogen-bond acceptors (Lipinski definition) is 4. The number of carbonyl (C=O) groups is 2. The Morgan fingerprint density at radius 3 is 2.36 bits per heavy atom. The first-order valence-electron chi connectivity index (χ1n) is 7.13. The van der Waals surface area contributed by atoms with E-state index in [-0.39, 0.29) is 5.56 Å². The van der Waals surface area contributed by atoms with E-state index in [1.54, 1.807) is 6.07 Å². The highest BCUT2D eigenvalue weighted by Crippen LogP contribution is 2.37. The Hall–Kier alpha value is -1.52. The van der Waals surface area contributed by atoms with Gasteiger partial charge in [0, 0.05) is 5.56 Å². The fourth-order valence-corrected chi connectivity index (χ4v) is 3.36. The molecular weight excluding hydrogens is 414 g/mol. The number of alkyl halides is 5. The van der Waals surface area contributed by atoms with Crippen molar-refractivity contribution in [2.75, 3.05) is 0 Å². The minimum Gasteiger partial charge on any atom is -0.377 e. The molecule has 5 atom stereocenters. The van der Waals surface area contributed by atoms with Crippen LogP contribution < -0.4 is 5.32 Å². The summed E-state index contributed by atoms with van der Waals surface area (Å²) >= 11 is 2.80. The minimum atomic E-state index is -5.27. The fourth-order valence-electron chi connectivity index (χ4n) is 2.62. The summed E-state index contributed by atoms with van der Waals surface area (Å²) in [4.78, 5) is 23.9. The van der Waals surface area contributed by atoms with E-state index in [2.05, 4.69) is 15.9 Å². The lowest BCUT2D eigenvalue weighted by Crippen LogP contribution is -2.72. The third-order valence-corrected chi connectivity index (χ3v) is 4.56. The molecule has 1 aliphatic rings. The largest absolute Gasteiger partial charge is 0.471 e. The lowest BCUT2D eigenvalue weighted by atomic mass is 9.78. The van der Waals surface area contributed by atoms with Gasteiger partial charge in [-0.2, -0.15) is 13.2 Å². The molecule has 1 amide bonds. The molecule has 0 spiro atoms. The number of Topliss-reactive ketones (excluding diaryl/α,β-unsaturated/α-hetero) is 1. The summed E-state index contributed by atoms with van der Waals surface area (Å²) in [7, 11) is 0. The summed E-state index contributed by atoms with van der Waals surface area (Å²) in [5.74, 6) is -3.57. The standard InChI is InChI=1S/C15H14BrF4NO4/c1-7-10(21-13(23)15(18,19)20)14(24,9(17)12(16)25-7)11(22)8-5-3-2-4-6-8/h2-7,9-10,12,24H,1H3,(H,21,23)/t7-,9+,10-,12+,14-/m1/s1. The molecule has 2 N–H and O–H groups in total. The number of halogens is 5. The quantitative estimate of drug-likeness (QED) is 0.440. The predicted octanol–water partition coefficient (Wildman–Crippen LogP) is 2.13. The number of benzene rings is 1. The molecule has 1 aliphatic heterocycles. The van der Waals surface area contributed by atoms with Crippen LogP contribution in [0.1, 0.15) is 17.3 Å². The van der Waals surface area contributed by atoms with Crippen LogP contribution in [-0.4, -0.2) is 51.9 Å². The Morgan fingerprint density at radius 2 is 1.84 bits per heavy atom. The molecule has 1 heterocycles. The van der Waals surface area contributed by atoms with Gasteiger partial charge in [-0.15, -0.1) is 0 Å². The molecule has 1 aromatic rings. The smallest absolute Gasteiger partial charge is 0.377 e. The molecule has 0 aromatic heterocycles. The molecule has 25 heavy (non-hydrogen) atoms. The van der Waals surface area contributed by atoms with Gasteiger partial charge in [0.1, 0.15) is 5.01 Å². The highest BCUT2D eigenvalue weighted by molar-refractivity contribution is 9.09. The zero-order chi connectivity index (χ0) is 19.0. The topological polar surface area (TPSA) is 75.6 Å². The van der Waals surface area contributed by atoms with Crippen molar-refractivity contribution >= 4 is 27.6 Å². The van der Waals surface area contributed by atoms with Gasteiger partial charge < -0.3 is 15.2 Å². The second-order valence-corrected chi connectivity index (χ2v) is 6.47. The average molecular weight is 428 g/mol. The van der Waals surface area contributed by atoms with Crippen LogP contribution in [0.15, 0.2) is 30.3 Å². The number of rotatable bonds is 3. The summed E-state index contributed by atoms with van der Waals surface area (Å²) in [6.45, 7) is 1.21. The van der Waals surface area contributed by atoms with Gasteiger partial charge in [0.2, 0.25) is 0 Å². The zero-order valence-electron chi connectivity index (χ0n) is 12.8. The molecule has 0 aliphatic carbocycles. The highest BCUT2D eigenvalue weighted by Gasteiger charge is 2.61. The third-order valence-electron chi connectivity index (χ3n) is 3.88. The van der Waals surface area contributed by atoms with Crippen LogP contribution in [0.25, 0.3) is 0 Å². The van der Waals surface area contributed by atoms with Gasteiger partial charge in [-0.3, -0.25) is 9.59 Å². The van der Waals surface area contributed by atoms with Crippen molar-refractivity contribution in [3.8, 4) is 0 Å². The Balaban J connectivity index is 2.46. The maximum atomic E-state index is 14.7. The predicted molar refractivity (Wildman–Crippen MR) is 81.9 cm³/mol. The molecule has 2 rings (SSSR count). The Morgan fingerprint density at radius 1 is 1.28 bits per heavy atom. The van der Waals surface area contributed by atoms with Crippen molar-refractivity contribution in [2.24, 2.45) is 0 Å². The van der Waals surface area contributed by atoms with Crippen LogP contribution in [0, 0.1) is 0 Å². The number of ether oxygens (including phenoxy) is 1. The Labute approximate surface area is 148 Å². The summed E-state index contributed by atoms with van der Waals surface area (Å²) in [5.41, 5.74) is -3.07. The molecule has 0 radical (unpaired) electrons. The molecule has 0 unspecified atom stereocenters. The van der Waals surface area contributed by atoms with Crippen molar-refractivity contribution in [3.05, 3.63) is 35.9 Å². The third kappa shape index (κ3) is 3.70. The van der Waals surface area contributed by atoms with Gasteiger partial charge in [-0.25, -0.2) is 4.39 Å². The van der Waals surface area contributed by atoms with Crippen molar-refractivity contribution in [2.45, 2.75) is 42.0 Å². The van der Waals surface area contributed by atoms with Crippen molar-refractivity contribution in [1.29, 1.82) is 0 Å². The van der Waals surface area contributed by atoms with Crippen LogP contribution in [0.2, 0.25) is 0 Å². The molecule has 0 saturated carbocycles. The van der Waals surface area contributed by atoms with Gasteiger partial charge in [-0.05, 0) is 6.92 Å². The highest BCUT2D eigenvalue weighted by atomic mass is 79.9. The average Bonchev–Trinajstić information content (AvgIpc) is 2.55. The van der Waals surface area contributed by atoms with Gasteiger partial charge in [0.25, 0.3) is 0 Å². The first kappa shape index (κ1) is 19.8. The first-order chi connectivity index (χ1) is 11.5. The lowest BCUT2D eigenvalue weighted by Gasteiger charge is -2.46. The van der Waals surface area contributed by atoms with Crippen LogP contribution in [0.4, 0.5) is 17.6 Å². The van der Waals surface area contributed by atoms with E-state index >= 15 is 0 Å². The van der Waals surface area contributed by atoms with Crippen molar-refractivity contribution in [1.82, 2.24) is 5.32 Å². The van der Waals surface area contributed by atoms with Crippen LogP contribution >= 0.6 is 15.9 Å². The van der Waals surface area contributed by atoms with Gasteiger partial charge in [-0.1, -0.05) is 46.3 Å². The normalized spacial score (nSPS) is 32.9. The summed E-state index contributed by atoms with van der Waals surface area (Å²) < 4.78 is 57.4. The van der Waals surface area contributed by atoms with E-state index in [9.17, 15) is 32.3 Å². The molecule has 0 bridgehead atoms. The Bertz CT molecular complexity index is 657. The van der Waals surface area contributed by atoms with Gasteiger partial charge >= 0.3 is 12.1 Å². The lowest BCUT2D eigenvalue weighted by molar-refractivity contribution is -0.187. The maximum Gasteiger partial charge on any atom is 0.471 e. The number of amides is 1. The molecule has 1 fully saturated rings. The second kappa shape index (κ2) is 7.00. The molecule has 5 nitrogen and oxygen atoms in total. The van der Waals surface area contributed by atoms with E-state index < -0.39 is 46.8 Å². The Kier molecular flexibility index (Phi) is 5.55. The molecule has 10 heteroatoms. The number of carbonyl (C=O) groups excluding carboxylic acids is 2. The summed E-state index contributed by atoms with van der Waals surface area (Å²) in [6.07, 6.45) is -8.97. The second-order valence-electron chi connectivity index (χ2n) is 5.56. The van der Waals surface area contributed by atoms with Gasteiger partial charge in [0.15, 0.2) is 17.6 Å². The summed E-state index contributed by atoms with van der Waals surface area (Å²) in [5, 5.41) is 10.8. The first-order valence-corrected chi connectivity index (χ1v) is 8.04. The minimum absolute atomic E-state index is 0.118.